The van der Waals surface area contributed by atoms with Crippen molar-refractivity contribution >= 4 is 5.91 Å². The first-order valence-electron chi connectivity index (χ1n) is 5.96. The average Bonchev–Trinajstić information content (AvgIpc) is 2.28. The maximum absolute atomic E-state index is 11.7. The first kappa shape index (κ1) is 12.8. The smallest absolute Gasteiger partial charge is 0.223 e. The summed E-state index contributed by atoms with van der Waals surface area (Å²) in [6.45, 7) is 6.77. The van der Waals surface area contributed by atoms with Gasteiger partial charge < -0.3 is 5.32 Å². The number of carbonyl (C=O) groups excluding carboxylic acids is 1. The summed E-state index contributed by atoms with van der Waals surface area (Å²) in [6, 6.07) is 8.24. The number of nitrogens with one attached hydrogen (secondary N) is 1. The third-order valence-corrected chi connectivity index (χ3v) is 2.76. The summed E-state index contributed by atoms with van der Waals surface area (Å²) in [5, 5.41) is 2.96. The SMILES string of the molecule is CCCC(C)C(=O)NCc1ccc(C)cc1. The second-order valence-corrected chi connectivity index (χ2v) is 4.39. The van der Waals surface area contributed by atoms with Crippen molar-refractivity contribution in [2.75, 3.05) is 0 Å². The molecule has 0 aliphatic rings. The van der Waals surface area contributed by atoms with Crippen molar-refractivity contribution < 1.29 is 4.79 Å². The predicted molar refractivity (Wildman–Crippen MR) is 67.1 cm³/mol. The molecule has 2 nitrogen and oxygen atoms in total. The Morgan fingerprint density at radius 2 is 1.94 bits per heavy atom. The lowest BCUT2D eigenvalue weighted by atomic mass is 10.1. The summed E-state index contributed by atoms with van der Waals surface area (Å²) in [7, 11) is 0. The molecule has 1 aromatic rings. The molecule has 88 valence electrons. The quantitative estimate of drug-likeness (QED) is 0.810. The molecule has 0 heterocycles. The molecular formula is C14H21NO. The van der Waals surface area contributed by atoms with Crippen molar-refractivity contribution in [2.45, 2.75) is 40.2 Å². The van der Waals surface area contributed by atoms with Crippen molar-refractivity contribution in [3.63, 3.8) is 0 Å². The Morgan fingerprint density at radius 3 is 2.50 bits per heavy atom. The maximum atomic E-state index is 11.7. The number of hydrogen-bond acceptors (Lipinski definition) is 1. The Kier molecular flexibility index (Phi) is 5.03. The van der Waals surface area contributed by atoms with Gasteiger partial charge in [0.2, 0.25) is 5.91 Å². The lowest BCUT2D eigenvalue weighted by Crippen LogP contribution is -2.28. The molecule has 0 spiro atoms. The fourth-order valence-corrected chi connectivity index (χ4v) is 1.63. The minimum Gasteiger partial charge on any atom is -0.352 e. The normalized spacial score (nSPS) is 12.2. The molecule has 2 heteroatoms. The van der Waals surface area contributed by atoms with Gasteiger partial charge in [-0.05, 0) is 18.9 Å². The third-order valence-electron chi connectivity index (χ3n) is 2.76. The van der Waals surface area contributed by atoms with Crippen LogP contribution in [0.15, 0.2) is 24.3 Å². The molecule has 0 bridgehead atoms. The number of amides is 1. The van der Waals surface area contributed by atoms with Gasteiger partial charge in [0.05, 0.1) is 0 Å². The van der Waals surface area contributed by atoms with E-state index < -0.39 is 0 Å². The van der Waals surface area contributed by atoms with E-state index in [2.05, 4.69) is 43.4 Å². The molecule has 0 aromatic heterocycles. The molecule has 0 aliphatic carbocycles. The minimum absolute atomic E-state index is 0.121. The largest absolute Gasteiger partial charge is 0.352 e. The zero-order chi connectivity index (χ0) is 12.0. The molecule has 1 atom stereocenters. The van der Waals surface area contributed by atoms with E-state index in [1.165, 1.54) is 5.56 Å². The van der Waals surface area contributed by atoms with Gasteiger partial charge in [0.15, 0.2) is 0 Å². The van der Waals surface area contributed by atoms with E-state index >= 15 is 0 Å². The van der Waals surface area contributed by atoms with E-state index in [0.717, 1.165) is 18.4 Å². The summed E-state index contributed by atoms with van der Waals surface area (Å²) < 4.78 is 0. The molecule has 1 amide bonds. The van der Waals surface area contributed by atoms with Gasteiger partial charge in [-0.1, -0.05) is 50.1 Å². The summed E-state index contributed by atoms with van der Waals surface area (Å²) in [5.74, 6) is 0.276. The van der Waals surface area contributed by atoms with E-state index in [1.807, 2.05) is 6.92 Å². The molecule has 1 N–H and O–H groups in total. The molecule has 16 heavy (non-hydrogen) atoms. The molecule has 0 radical (unpaired) electrons. The fourth-order valence-electron chi connectivity index (χ4n) is 1.63. The van der Waals surface area contributed by atoms with E-state index in [4.69, 9.17) is 0 Å². The van der Waals surface area contributed by atoms with Crippen LogP contribution >= 0.6 is 0 Å². The highest BCUT2D eigenvalue weighted by molar-refractivity contribution is 5.78. The number of rotatable bonds is 5. The highest BCUT2D eigenvalue weighted by Gasteiger charge is 2.10. The first-order chi connectivity index (χ1) is 7.63. The van der Waals surface area contributed by atoms with E-state index in [0.29, 0.717) is 6.54 Å². The molecule has 1 rings (SSSR count). The summed E-state index contributed by atoms with van der Waals surface area (Å²) in [4.78, 5) is 11.7. The lowest BCUT2D eigenvalue weighted by molar-refractivity contribution is -0.124. The van der Waals surface area contributed by atoms with Crippen LogP contribution in [0.3, 0.4) is 0 Å². The van der Waals surface area contributed by atoms with Crippen LogP contribution in [-0.2, 0) is 11.3 Å². The Bertz CT molecular complexity index is 329. The van der Waals surface area contributed by atoms with Crippen LogP contribution < -0.4 is 5.32 Å². The molecular weight excluding hydrogens is 198 g/mol. The monoisotopic (exact) mass is 219 g/mol. The third kappa shape index (κ3) is 4.05. The van der Waals surface area contributed by atoms with Gasteiger partial charge in [-0.15, -0.1) is 0 Å². The average molecular weight is 219 g/mol. The zero-order valence-electron chi connectivity index (χ0n) is 10.4. The number of benzene rings is 1. The second kappa shape index (κ2) is 6.31. The van der Waals surface area contributed by atoms with Crippen molar-refractivity contribution in [1.29, 1.82) is 0 Å². The van der Waals surface area contributed by atoms with Crippen molar-refractivity contribution in [1.82, 2.24) is 5.32 Å². The first-order valence-corrected chi connectivity index (χ1v) is 5.96. The van der Waals surface area contributed by atoms with Crippen LogP contribution in [-0.4, -0.2) is 5.91 Å². The van der Waals surface area contributed by atoms with Gasteiger partial charge >= 0.3 is 0 Å². The summed E-state index contributed by atoms with van der Waals surface area (Å²) in [6.07, 6.45) is 2.01. The number of carbonyl (C=O) groups is 1. The standard InChI is InChI=1S/C14H21NO/c1-4-5-12(3)14(16)15-10-13-8-6-11(2)7-9-13/h6-9,12H,4-5,10H2,1-3H3,(H,15,16). The molecule has 1 aromatic carbocycles. The van der Waals surface area contributed by atoms with Crippen LogP contribution in [0.1, 0.15) is 37.8 Å². The summed E-state index contributed by atoms with van der Waals surface area (Å²) >= 11 is 0. The predicted octanol–water partition coefficient (Wildman–Crippen LogP) is 3.05. The highest BCUT2D eigenvalue weighted by Crippen LogP contribution is 2.06. The fraction of sp³-hybridized carbons (Fsp3) is 0.500. The van der Waals surface area contributed by atoms with Crippen LogP contribution in [0.2, 0.25) is 0 Å². The van der Waals surface area contributed by atoms with Gasteiger partial charge in [-0.25, -0.2) is 0 Å². The van der Waals surface area contributed by atoms with Gasteiger partial charge in [0.1, 0.15) is 0 Å². The maximum Gasteiger partial charge on any atom is 0.223 e. The van der Waals surface area contributed by atoms with Gasteiger partial charge in [-0.3, -0.25) is 4.79 Å². The zero-order valence-corrected chi connectivity index (χ0v) is 10.4. The summed E-state index contributed by atoms with van der Waals surface area (Å²) in [5.41, 5.74) is 2.40. The van der Waals surface area contributed by atoms with Crippen molar-refractivity contribution in [3.05, 3.63) is 35.4 Å². The van der Waals surface area contributed by atoms with E-state index in [1.54, 1.807) is 0 Å². The Balaban J connectivity index is 2.39. The van der Waals surface area contributed by atoms with Crippen LogP contribution in [0.25, 0.3) is 0 Å². The minimum atomic E-state index is 0.121. The molecule has 1 unspecified atom stereocenters. The van der Waals surface area contributed by atoms with Crippen LogP contribution in [0, 0.1) is 12.8 Å². The van der Waals surface area contributed by atoms with Crippen molar-refractivity contribution in [3.8, 4) is 0 Å². The van der Waals surface area contributed by atoms with Crippen LogP contribution in [0.4, 0.5) is 0 Å². The molecule has 0 saturated carbocycles. The van der Waals surface area contributed by atoms with Gasteiger partial charge in [0, 0.05) is 12.5 Å². The Hall–Kier alpha value is -1.31. The molecule has 0 fully saturated rings. The van der Waals surface area contributed by atoms with Crippen LogP contribution in [0.5, 0.6) is 0 Å². The second-order valence-electron chi connectivity index (χ2n) is 4.39. The molecule has 0 aliphatic heterocycles. The van der Waals surface area contributed by atoms with Gasteiger partial charge in [0.25, 0.3) is 0 Å². The topological polar surface area (TPSA) is 29.1 Å². The van der Waals surface area contributed by atoms with Gasteiger partial charge in [-0.2, -0.15) is 0 Å². The number of aryl methyl sites for hydroxylation is 1. The Morgan fingerprint density at radius 1 is 1.31 bits per heavy atom. The number of hydrogen-bond donors (Lipinski definition) is 1. The van der Waals surface area contributed by atoms with E-state index in [-0.39, 0.29) is 11.8 Å². The Labute approximate surface area is 98.1 Å². The van der Waals surface area contributed by atoms with E-state index in [9.17, 15) is 4.79 Å². The lowest BCUT2D eigenvalue weighted by Gasteiger charge is -2.11. The van der Waals surface area contributed by atoms with Crippen molar-refractivity contribution in [2.24, 2.45) is 5.92 Å². The molecule has 0 saturated heterocycles. The highest BCUT2D eigenvalue weighted by atomic mass is 16.1.